The number of carbonyl (C=O) groups is 1. The molecule has 0 atom stereocenters. The van der Waals surface area contributed by atoms with Crippen LogP contribution < -0.4 is 9.47 Å². The molecule has 2 aromatic rings. The lowest BCUT2D eigenvalue weighted by Gasteiger charge is -2.08. The third-order valence-electron chi connectivity index (χ3n) is 2.43. The molecule has 0 aromatic heterocycles. The number of esters is 1. The van der Waals surface area contributed by atoms with Gasteiger partial charge >= 0.3 is 5.97 Å². The number of ether oxygens (including phenoxy) is 2. The van der Waals surface area contributed by atoms with Gasteiger partial charge in [0, 0.05) is 0 Å². The topological polar surface area (TPSA) is 35.5 Å². The average molecular weight is 389 g/mol. The first kappa shape index (κ1) is 14.1. The summed E-state index contributed by atoms with van der Waals surface area (Å²) >= 11 is 8.03. The lowest BCUT2D eigenvalue weighted by Crippen LogP contribution is -2.09. The van der Waals surface area contributed by atoms with Crippen LogP contribution in [-0.2, 0) is 0 Å². The van der Waals surface area contributed by atoms with Crippen LogP contribution in [0.2, 0.25) is 5.02 Å². The molecule has 0 aliphatic rings. The zero-order valence-corrected chi connectivity index (χ0v) is 12.9. The zero-order valence-electron chi connectivity index (χ0n) is 10.0. The van der Waals surface area contributed by atoms with E-state index in [1.807, 2.05) is 0 Å². The van der Waals surface area contributed by atoms with Gasteiger partial charge in [0.05, 0.1) is 21.3 Å². The fourth-order valence-corrected chi connectivity index (χ4v) is 2.39. The molecular formula is C14H10ClIO3. The van der Waals surface area contributed by atoms with Gasteiger partial charge in [-0.1, -0.05) is 23.7 Å². The molecule has 3 nitrogen and oxygen atoms in total. The number of hydrogen-bond donors (Lipinski definition) is 0. The fraction of sp³-hybridized carbons (Fsp3) is 0.0714. The van der Waals surface area contributed by atoms with Crippen molar-refractivity contribution in [2.45, 2.75) is 0 Å². The molecule has 0 saturated heterocycles. The molecule has 0 unspecified atom stereocenters. The van der Waals surface area contributed by atoms with Crippen molar-refractivity contribution in [3.63, 3.8) is 0 Å². The Morgan fingerprint density at radius 2 is 1.89 bits per heavy atom. The highest BCUT2D eigenvalue weighted by atomic mass is 127. The van der Waals surface area contributed by atoms with Crippen molar-refractivity contribution >= 4 is 40.2 Å². The predicted molar refractivity (Wildman–Crippen MR) is 82.1 cm³/mol. The molecule has 2 rings (SSSR count). The highest BCUT2D eigenvalue weighted by Gasteiger charge is 2.12. The minimum Gasteiger partial charge on any atom is -0.496 e. The standard InChI is InChI=1S/C14H10ClIO3/c1-18-13-7-6-9(8-11(13)16)14(17)19-12-5-3-2-4-10(12)15/h2-8H,1H3. The molecule has 0 heterocycles. The van der Waals surface area contributed by atoms with Gasteiger partial charge < -0.3 is 9.47 Å². The van der Waals surface area contributed by atoms with Crippen LogP contribution in [0.5, 0.6) is 11.5 Å². The Morgan fingerprint density at radius 1 is 1.16 bits per heavy atom. The first-order valence-corrected chi connectivity index (χ1v) is 6.87. The number of halogens is 2. The number of carbonyl (C=O) groups excluding carboxylic acids is 1. The molecule has 0 N–H and O–H groups in total. The van der Waals surface area contributed by atoms with E-state index in [-0.39, 0.29) is 0 Å². The molecule has 0 amide bonds. The van der Waals surface area contributed by atoms with Crippen LogP contribution in [0.4, 0.5) is 0 Å². The Labute approximate surface area is 129 Å². The molecule has 0 aliphatic carbocycles. The second-order valence-electron chi connectivity index (χ2n) is 3.67. The van der Waals surface area contributed by atoms with Crippen LogP contribution in [0.15, 0.2) is 42.5 Å². The monoisotopic (exact) mass is 388 g/mol. The van der Waals surface area contributed by atoms with Gasteiger partial charge in [0.2, 0.25) is 0 Å². The third kappa shape index (κ3) is 3.39. The zero-order chi connectivity index (χ0) is 13.8. The highest BCUT2D eigenvalue weighted by molar-refractivity contribution is 14.1. The summed E-state index contributed by atoms with van der Waals surface area (Å²) in [6, 6.07) is 11.9. The largest absolute Gasteiger partial charge is 0.496 e. The Kier molecular flexibility index (Phi) is 4.66. The van der Waals surface area contributed by atoms with Gasteiger partial charge in [-0.15, -0.1) is 0 Å². The number of rotatable bonds is 3. The van der Waals surface area contributed by atoms with Crippen LogP contribution in [0.1, 0.15) is 10.4 Å². The average Bonchev–Trinajstić information content (AvgIpc) is 2.41. The Hall–Kier alpha value is -1.27. The second kappa shape index (κ2) is 6.25. The van der Waals surface area contributed by atoms with Gasteiger partial charge in [-0.25, -0.2) is 4.79 Å². The SMILES string of the molecule is COc1ccc(C(=O)Oc2ccccc2Cl)cc1I. The molecule has 5 heteroatoms. The van der Waals surface area contributed by atoms with Crippen LogP contribution in [-0.4, -0.2) is 13.1 Å². The molecule has 0 bridgehead atoms. The van der Waals surface area contributed by atoms with Crippen molar-refractivity contribution in [2.75, 3.05) is 7.11 Å². The van der Waals surface area contributed by atoms with E-state index in [1.165, 1.54) is 0 Å². The van der Waals surface area contributed by atoms with Crippen molar-refractivity contribution in [2.24, 2.45) is 0 Å². The molecule has 0 radical (unpaired) electrons. The number of hydrogen-bond acceptors (Lipinski definition) is 3. The summed E-state index contributed by atoms with van der Waals surface area (Å²) in [4.78, 5) is 12.0. The molecular weight excluding hydrogens is 379 g/mol. The Bertz CT molecular complexity index is 613. The van der Waals surface area contributed by atoms with E-state index in [9.17, 15) is 4.79 Å². The summed E-state index contributed by atoms with van der Waals surface area (Å²) in [6.07, 6.45) is 0. The summed E-state index contributed by atoms with van der Waals surface area (Å²) in [7, 11) is 1.58. The maximum atomic E-state index is 12.0. The van der Waals surface area contributed by atoms with Crippen LogP contribution in [0, 0.1) is 3.57 Å². The number of methoxy groups -OCH3 is 1. The van der Waals surface area contributed by atoms with Crippen molar-refractivity contribution in [1.82, 2.24) is 0 Å². The number of benzene rings is 2. The van der Waals surface area contributed by atoms with E-state index in [0.717, 1.165) is 9.32 Å². The summed E-state index contributed by atoms with van der Waals surface area (Å²) in [5.74, 6) is 0.614. The summed E-state index contributed by atoms with van der Waals surface area (Å²) < 4.78 is 11.2. The molecule has 0 spiro atoms. The molecule has 0 fully saturated rings. The summed E-state index contributed by atoms with van der Waals surface area (Å²) in [5, 5.41) is 0.402. The molecule has 2 aromatic carbocycles. The van der Waals surface area contributed by atoms with E-state index in [1.54, 1.807) is 49.6 Å². The Morgan fingerprint density at radius 3 is 2.53 bits per heavy atom. The fourth-order valence-electron chi connectivity index (χ4n) is 1.48. The maximum absolute atomic E-state index is 12.0. The number of para-hydroxylation sites is 1. The van der Waals surface area contributed by atoms with Gasteiger partial charge in [-0.2, -0.15) is 0 Å². The first-order valence-electron chi connectivity index (χ1n) is 5.42. The van der Waals surface area contributed by atoms with Crippen molar-refractivity contribution in [3.05, 3.63) is 56.6 Å². The van der Waals surface area contributed by atoms with Gasteiger partial charge in [0.25, 0.3) is 0 Å². The normalized spacial score (nSPS) is 10.1. The highest BCUT2D eigenvalue weighted by Crippen LogP contribution is 2.26. The van der Waals surface area contributed by atoms with E-state index in [2.05, 4.69) is 22.6 Å². The predicted octanol–water partition coefficient (Wildman–Crippen LogP) is 4.17. The van der Waals surface area contributed by atoms with Gasteiger partial charge in [0.1, 0.15) is 11.5 Å². The minimum absolute atomic E-state index is 0.347. The van der Waals surface area contributed by atoms with Crippen molar-refractivity contribution in [1.29, 1.82) is 0 Å². The summed E-state index contributed by atoms with van der Waals surface area (Å²) in [6.45, 7) is 0. The lowest BCUT2D eigenvalue weighted by atomic mass is 10.2. The lowest BCUT2D eigenvalue weighted by molar-refractivity contribution is 0.0735. The summed E-state index contributed by atoms with van der Waals surface area (Å²) in [5.41, 5.74) is 0.449. The quantitative estimate of drug-likeness (QED) is 0.450. The van der Waals surface area contributed by atoms with Crippen molar-refractivity contribution < 1.29 is 14.3 Å². The van der Waals surface area contributed by atoms with E-state index >= 15 is 0 Å². The van der Waals surface area contributed by atoms with Crippen molar-refractivity contribution in [3.8, 4) is 11.5 Å². The molecule has 19 heavy (non-hydrogen) atoms. The van der Waals surface area contributed by atoms with Gasteiger partial charge in [0.15, 0.2) is 0 Å². The second-order valence-corrected chi connectivity index (χ2v) is 5.24. The Balaban J connectivity index is 2.21. The molecule has 98 valence electrons. The first-order chi connectivity index (χ1) is 9.11. The molecule has 0 saturated carbocycles. The van der Waals surface area contributed by atoms with E-state index in [4.69, 9.17) is 21.1 Å². The minimum atomic E-state index is -0.450. The van der Waals surface area contributed by atoms with E-state index in [0.29, 0.717) is 16.3 Å². The maximum Gasteiger partial charge on any atom is 0.343 e. The van der Waals surface area contributed by atoms with Crippen LogP contribution in [0.25, 0.3) is 0 Å². The smallest absolute Gasteiger partial charge is 0.343 e. The van der Waals surface area contributed by atoms with E-state index < -0.39 is 5.97 Å². The van der Waals surface area contributed by atoms with Crippen LogP contribution in [0.3, 0.4) is 0 Å². The van der Waals surface area contributed by atoms with Crippen LogP contribution >= 0.6 is 34.2 Å². The molecule has 0 aliphatic heterocycles. The third-order valence-corrected chi connectivity index (χ3v) is 3.58. The van der Waals surface area contributed by atoms with Gasteiger partial charge in [-0.3, -0.25) is 0 Å². The van der Waals surface area contributed by atoms with Gasteiger partial charge in [-0.05, 0) is 52.9 Å².